The Balaban J connectivity index is 0.00000865. The number of aromatic carboxylic acids is 1. The number of anilines is 3. The Morgan fingerprint density at radius 2 is 0.753 bits per heavy atom. The molecule has 428 valence electrons. The van der Waals surface area contributed by atoms with Gasteiger partial charge in [-0.2, -0.15) is 0 Å². The quantitative estimate of drug-likeness (QED) is 0.131. The second-order valence-corrected chi connectivity index (χ2v) is 29.0. The number of fused-ring (bicyclic) bond motifs is 8. The Hall–Kier alpha value is -7.85. The zero-order valence-electron chi connectivity index (χ0n) is 53.3. The van der Waals surface area contributed by atoms with Crippen molar-refractivity contribution in [1.82, 2.24) is 19.9 Å². The minimum absolute atomic E-state index is 0. The van der Waals surface area contributed by atoms with E-state index in [1.54, 1.807) is 24.3 Å². The van der Waals surface area contributed by atoms with E-state index in [2.05, 4.69) is 263 Å². The number of nitrogens with zero attached hydrogens (tertiary/aromatic N) is 5. The molecule has 10 rings (SSSR count). The van der Waals surface area contributed by atoms with Crippen LogP contribution in [0.3, 0.4) is 0 Å². The van der Waals surface area contributed by atoms with Gasteiger partial charge in [0.25, 0.3) is 0 Å². The van der Waals surface area contributed by atoms with Crippen LogP contribution in [-0.4, -0.2) is 21.0 Å². The fraction of sp³-hybridized carbons (Fsp3) is 0.312. The molecule has 8 aromatic rings. The zero-order chi connectivity index (χ0) is 60.6. The van der Waals surface area contributed by atoms with E-state index in [0.717, 1.165) is 72.9 Å². The summed E-state index contributed by atoms with van der Waals surface area (Å²) in [6.45, 7) is 40.7. The summed E-state index contributed by atoms with van der Waals surface area (Å²) in [5, 5.41) is 9.74. The van der Waals surface area contributed by atoms with Crippen LogP contribution < -0.4 is 14.9 Å². The molecule has 0 radical (unpaired) electrons. The van der Waals surface area contributed by atoms with Gasteiger partial charge >= 0.3 is 25.4 Å². The van der Waals surface area contributed by atoms with Gasteiger partial charge in [-0.3, -0.25) is 0 Å². The third kappa shape index (κ3) is 13.0. The topological polar surface area (TPSA) is 94.5 Å². The van der Waals surface area contributed by atoms with Crippen LogP contribution in [-0.2, 0) is 52.0 Å². The summed E-state index contributed by atoms with van der Waals surface area (Å²) in [7, 11) is 0. The summed E-state index contributed by atoms with van der Waals surface area (Å²) >= 11 is 0. The summed E-state index contributed by atoms with van der Waals surface area (Å²) in [5.41, 5.74) is 20.4. The van der Waals surface area contributed by atoms with Gasteiger partial charge in [0.05, 0.1) is 34.0 Å². The number of carboxylic acid groups (broad SMARTS) is 1. The Morgan fingerprint density at radius 1 is 0.400 bits per heavy atom. The molecule has 8 heteroatoms. The van der Waals surface area contributed by atoms with Crippen LogP contribution in [0.4, 0.5) is 17.1 Å². The number of rotatable bonds is 6. The Bertz CT molecular complexity index is 4000. The van der Waals surface area contributed by atoms with E-state index in [1.807, 2.05) is 12.1 Å². The second kappa shape index (κ2) is 22.5. The van der Waals surface area contributed by atoms with Crippen LogP contribution in [0.5, 0.6) is 0 Å². The molecule has 0 fully saturated rings. The van der Waals surface area contributed by atoms with Crippen LogP contribution in [0.2, 0.25) is 0 Å². The fourth-order valence-electron chi connectivity index (χ4n) is 10.8. The zero-order valence-corrected chi connectivity index (χ0v) is 56.3. The Kier molecular flexibility index (Phi) is 16.4. The number of carboxylic acids is 1. The van der Waals surface area contributed by atoms with Crippen molar-refractivity contribution in [1.29, 1.82) is 0 Å². The van der Waals surface area contributed by atoms with Gasteiger partial charge in [-0.15, -0.1) is 22.1 Å². The average Bonchev–Trinajstić information content (AvgIpc) is 2.43. The number of aromatic nitrogens is 4. The molecule has 85 heavy (non-hydrogen) atoms. The van der Waals surface area contributed by atoms with Crippen LogP contribution in [0.15, 0.2) is 133 Å². The summed E-state index contributed by atoms with van der Waals surface area (Å²) in [6.07, 6.45) is 8.42. The molecule has 0 unspecified atom stereocenters. The van der Waals surface area contributed by atoms with E-state index in [4.69, 9.17) is 19.9 Å². The largest absolute Gasteiger partial charge is 2.00 e. The van der Waals surface area contributed by atoms with E-state index in [9.17, 15) is 9.90 Å². The first-order valence-electron chi connectivity index (χ1n) is 29.5. The molecule has 3 aromatic heterocycles. The van der Waals surface area contributed by atoms with Gasteiger partial charge in [0.15, 0.2) is 0 Å². The summed E-state index contributed by atoms with van der Waals surface area (Å²) in [5.74, 6) is 5.89. The van der Waals surface area contributed by atoms with Crippen molar-refractivity contribution < 1.29 is 29.4 Å². The van der Waals surface area contributed by atoms with E-state index in [0.29, 0.717) is 22.3 Å². The maximum Gasteiger partial charge on any atom is 2.00 e. The Labute approximate surface area is 518 Å². The van der Waals surface area contributed by atoms with Crippen molar-refractivity contribution in [3.8, 4) is 34.1 Å². The van der Waals surface area contributed by atoms with E-state index >= 15 is 0 Å². The molecule has 0 spiro atoms. The third-order valence-electron chi connectivity index (χ3n) is 16.2. The van der Waals surface area contributed by atoms with Gasteiger partial charge in [-0.25, -0.2) is 14.8 Å². The number of carbonyl (C=O) groups is 1. The van der Waals surface area contributed by atoms with Crippen molar-refractivity contribution in [3.63, 3.8) is 0 Å². The van der Waals surface area contributed by atoms with Crippen LogP contribution in [0, 0.1) is 11.8 Å². The molecule has 2 aliphatic heterocycles. The van der Waals surface area contributed by atoms with Crippen LogP contribution >= 0.6 is 0 Å². The summed E-state index contributed by atoms with van der Waals surface area (Å²) in [6, 6.07) is 47.0. The first-order chi connectivity index (χ1) is 39.2. The first-order valence-corrected chi connectivity index (χ1v) is 29.5. The summed E-state index contributed by atoms with van der Waals surface area (Å²) in [4.78, 5) is 37.0. The number of hydrogen-bond donors (Lipinski definition) is 1. The summed E-state index contributed by atoms with van der Waals surface area (Å²) < 4.78 is 0. The van der Waals surface area contributed by atoms with E-state index < -0.39 is 5.97 Å². The predicted molar refractivity (Wildman–Crippen MR) is 354 cm³/mol. The molecule has 1 N–H and O–H groups in total. The molecule has 0 atom stereocenters. The van der Waals surface area contributed by atoms with Gasteiger partial charge in [0, 0.05) is 22.5 Å². The SMILES string of the molecule is CC(C)(C)c1ccc(N(c2ccc(C(C)(C)C)cc2)c2c3nc(c(-c4cc(C(C)(C)C)cc(C(C)(C)C)c4)c4ccc([n-]4)c(C#Cc4ccc(C(=O)O)cc4)c4nc(c(-c5cc(C(C)(C)C)cc(C(C)(C)C)c5)c5ccc2[n-]5)C=C4)C=C3)cc1.[Zn+2]. The van der Waals surface area contributed by atoms with Crippen molar-refractivity contribution in [2.24, 2.45) is 0 Å². The minimum Gasteiger partial charge on any atom is -0.656 e. The van der Waals surface area contributed by atoms with Gasteiger partial charge in [0.2, 0.25) is 0 Å². The van der Waals surface area contributed by atoms with Gasteiger partial charge in [-0.05, 0) is 161 Å². The van der Waals surface area contributed by atoms with Crippen molar-refractivity contribution in [3.05, 3.63) is 206 Å². The molecule has 2 aliphatic rings. The van der Waals surface area contributed by atoms with Crippen LogP contribution in [0.1, 0.15) is 202 Å². The van der Waals surface area contributed by atoms with Crippen LogP contribution in [0.25, 0.3) is 68.6 Å². The number of hydrogen-bond acceptors (Lipinski definition) is 4. The monoisotopic (exact) mass is 1170 g/mol. The molecule has 7 nitrogen and oxygen atoms in total. The van der Waals surface area contributed by atoms with Crippen molar-refractivity contribution in [2.75, 3.05) is 4.90 Å². The maximum absolute atomic E-state index is 11.9. The normalized spacial score (nSPS) is 12.9. The smallest absolute Gasteiger partial charge is 0.656 e. The van der Waals surface area contributed by atoms with Crippen molar-refractivity contribution >= 4 is 69.4 Å². The minimum atomic E-state index is -0.992. The van der Waals surface area contributed by atoms with Gasteiger partial charge in [-0.1, -0.05) is 221 Å². The number of benzene rings is 5. The molecule has 0 amide bonds. The molecule has 5 heterocycles. The second-order valence-electron chi connectivity index (χ2n) is 29.0. The standard InChI is InChI=1S/C77H82N5O2.Zn/c1-72(2,3)51-24-28-57(29-25-51)82(58-30-26-52(27-31-58)73(4,5)6)70-66-39-37-64(80-66)68(49-41-53(74(7,8)9)45-54(42-49)75(10,11)12)62-35-33-60(78-62)59(32-21-47-19-22-48(23-20-47)71(83)84)61-34-36-63(79-61)69(65-38-40-67(70)81-65)50-43-55(76(13,14)15)46-56(44-50)77(16,17)18;/h19-20,22-31,33-46H,1-18H3,(H2-,78,79,80,81,83,84);/q-1;+2/p-1. The molecule has 0 saturated carbocycles. The molecule has 0 aliphatic carbocycles. The fourth-order valence-corrected chi connectivity index (χ4v) is 10.8. The molecular formula is C77H81N5O2Zn. The van der Waals surface area contributed by atoms with Gasteiger partial charge in [0.1, 0.15) is 0 Å². The molecule has 0 saturated heterocycles. The maximum atomic E-state index is 11.9. The average molecular weight is 1170 g/mol. The van der Waals surface area contributed by atoms with Gasteiger partial charge < -0.3 is 20.0 Å². The Morgan fingerprint density at radius 3 is 1.15 bits per heavy atom. The van der Waals surface area contributed by atoms with E-state index in [1.165, 1.54) is 33.4 Å². The molecule has 8 bridgehead atoms. The molecule has 5 aromatic carbocycles. The van der Waals surface area contributed by atoms with Crippen molar-refractivity contribution in [2.45, 2.75) is 157 Å². The molecular weight excluding hydrogens is 1090 g/mol. The third-order valence-corrected chi connectivity index (χ3v) is 16.2. The first kappa shape index (κ1) is 61.7. The predicted octanol–water partition coefficient (Wildman–Crippen LogP) is 19.6. The van der Waals surface area contributed by atoms with E-state index in [-0.39, 0.29) is 57.5 Å².